The zero-order valence-corrected chi connectivity index (χ0v) is 18.5. The van der Waals surface area contributed by atoms with Crippen LogP contribution in [-0.4, -0.2) is 219 Å². The molecule has 0 fully saturated rings. The summed E-state index contributed by atoms with van der Waals surface area (Å²) in [6.45, 7) is 0. The molecule has 0 heterocycles. The Kier molecular flexibility index (Phi) is 40.7. The Balaban J connectivity index is -0.0000000778. The summed E-state index contributed by atoms with van der Waals surface area (Å²) in [5, 5.41) is 48.5. The van der Waals surface area contributed by atoms with E-state index in [1.165, 1.54) is 0 Å². The number of rotatable bonds is 9. The van der Waals surface area contributed by atoms with Gasteiger partial charge in [-0.05, 0) is 0 Å². The Hall–Kier alpha value is -1.93. The average Bonchev–Trinajstić information content (AvgIpc) is 2.67. The third-order valence-electron chi connectivity index (χ3n) is 2.59. The molecule has 0 aliphatic heterocycles. The molecule has 0 aromatic heterocycles. The standard InChI is InChI=1S/3C5H6O7.3Na.H2O.3H/c3*1-11-2(3(6)7)4(8)12-5(9)10;;;;;;;/h3*2H,1H3,(H,6,7)(H,9,10);;;;1H2;;;. The molecule has 0 aliphatic rings. The maximum absolute atomic E-state index is 10.5. The number of hydrogen-bond donors (Lipinski definition) is 6. The number of carboxylic acid groups (broad SMARTS) is 6. The molecule has 0 rings (SSSR count). The number of carboxylic acids is 3. The first-order valence-electron chi connectivity index (χ1n) is 8.07. The Morgan fingerprint density at radius 2 is 0.575 bits per heavy atom. The van der Waals surface area contributed by atoms with Crippen LogP contribution in [0.1, 0.15) is 0 Å². The van der Waals surface area contributed by atoms with Crippen LogP contribution in [0.15, 0.2) is 0 Å². The van der Waals surface area contributed by atoms with Gasteiger partial charge in [-0.2, -0.15) is 0 Å². The van der Waals surface area contributed by atoms with Gasteiger partial charge in [-0.3, -0.25) is 0 Å². The molecule has 8 N–H and O–H groups in total. The summed E-state index contributed by atoms with van der Waals surface area (Å²) in [6, 6.07) is 0. The van der Waals surface area contributed by atoms with Crippen LogP contribution in [0, 0.1) is 0 Å². The summed E-state index contributed by atoms with van der Waals surface area (Å²) < 4.78 is 23.0. The van der Waals surface area contributed by atoms with E-state index in [9.17, 15) is 43.2 Å². The summed E-state index contributed by atoms with van der Waals surface area (Å²) in [5.74, 6) is -9.25. The van der Waals surface area contributed by atoms with Crippen molar-refractivity contribution in [2.45, 2.75) is 18.3 Å². The van der Waals surface area contributed by atoms with Gasteiger partial charge in [0.15, 0.2) is 0 Å². The van der Waals surface area contributed by atoms with Gasteiger partial charge < -0.3 is 64.5 Å². The minimum atomic E-state index is -1.90. The maximum atomic E-state index is 10.5. The Labute approximate surface area is 287 Å². The first-order valence-corrected chi connectivity index (χ1v) is 8.07. The molecule has 3 unspecified atom stereocenters. The van der Waals surface area contributed by atoms with E-state index < -0.39 is 72.6 Å². The molecule has 0 spiro atoms. The number of carbonyl (C=O) groups excluding carboxylic acids is 3. The van der Waals surface area contributed by atoms with Crippen LogP contribution in [-0.2, 0) is 57.2 Å². The molecule has 0 bridgehead atoms. The van der Waals surface area contributed by atoms with Crippen LogP contribution in [0.25, 0.3) is 0 Å². The van der Waals surface area contributed by atoms with Crippen LogP contribution < -0.4 is 0 Å². The summed E-state index contributed by atoms with van der Waals surface area (Å²) >= 11 is 0. The topological polar surface area (TPSA) is 362 Å². The molecule has 0 saturated carbocycles. The van der Waals surface area contributed by atoms with Gasteiger partial charge >= 0.3 is 143 Å². The van der Waals surface area contributed by atoms with Crippen molar-refractivity contribution in [2.75, 3.05) is 21.3 Å². The number of ether oxygens (including phenoxy) is 6. The summed E-state index contributed by atoms with van der Waals surface area (Å²) in [7, 11) is 2.84. The van der Waals surface area contributed by atoms with Crippen molar-refractivity contribution < 1.29 is 108 Å². The Bertz CT molecular complexity index is 749. The van der Waals surface area contributed by atoms with Gasteiger partial charge in [0.2, 0.25) is 0 Å². The van der Waals surface area contributed by atoms with E-state index in [2.05, 4.69) is 28.4 Å². The number of esters is 3. The fourth-order valence-corrected chi connectivity index (χ4v) is 1.31. The zero-order valence-electron chi connectivity index (χ0n) is 18.5. The predicted molar refractivity (Wildman–Crippen MR) is 123 cm³/mol. The van der Waals surface area contributed by atoms with Crippen LogP contribution in [0.2, 0.25) is 0 Å². The van der Waals surface area contributed by atoms with E-state index in [-0.39, 0.29) is 94.1 Å². The fraction of sp³-hybridized carbons (Fsp3) is 0.400. The van der Waals surface area contributed by atoms with Crippen LogP contribution in [0.3, 0.4) is 0 Å². The van der Waals surface area contributed by atoms with Crippen molar-refractivity contribution in [2.24, 2.45) is 0 Å². The molecular weight excluding hydrogens is 601 g/mol. The van der Waals surface area contributed by atoms with Gasteiger partial charge in [0.25, 0.3) is 18.3 Å². The molecule has 22 nitrogen and oxygen atoms in total. The van der Waals surface area contributed by atoms with Gasteiger partial charge in [0.05, 0.1) is 0 Å². The molecule has 3 atom stereocenters. The molecule has 25 heteroatoms. The van der Waals surface area contributed by atoms with E-state index in [1.54, 1.807) is 0 Å². The quantitative estimate of drug-likeness (QED) is 0.0606. The number of aliphatic carboxylic acids is 3. The third kappa shape index (κ3) is 27.6. The monoisotopic (exact) mass is 624 g/mol. The van der Waals surface area contributed by atoms with Gasteiger partial charge in [-0.15, -0.1) is 0 Å². The summed E-state index contributed by atoms with van der Waals surface area (Å²) in [5.41, 5.74) is 0. The van der Waals surface area contributed by atoms with Crippen molar-refractivity contribution >= 4 is 143 Å². The van der Waals surface area contributed by atoms with Gasteiger partial charge in [-0.1, -0.05) is 0 Å². The molecule has 218 valence electrons. The number of methoxy groups -OCH3 is 3. The second-order valence-electron chi connectivity index (χ2n) is 4.92. The normalized spacial score (nSPS) is 10.6. The first-order chi connectivity index (χ1) is 16.5. The molecule has 40 heavy (non-hydrogen) atoms. The SMILES string of the molecule is COC(C(=O)O)C(=O)OC(=O)O.COC(C(=O)O)C(=O)OC(=O)O.COC(C(=O)O)C(=O)OC(=O)O.O.[NaH].[NaH].[NaH]. The predicted octanol–water partition coefficient (Wildman–Crippen LogP) is -4.85. The Morgan fingerprint density at radius 1 is 0.425 bits per heavy atom. The van der Waals surface area contributed by atoms with Crippen molar-refractivity contribution in [3.8, 4) is 0 Å². The van der Waals surface area contributed by atoms with E-state index in [1.807, 2.05) is 0 Å². The van der Waals surface area contributed by atoms with Crippen LogP contribution in [0.4, 0.5) is 14.4 Å². The van der Waals surface area contributed by atoms with Crippen LogP contribution >= 0.6 is 0 Å². The van der Waals surface area contributed by atoms with E-state index >= 15 is 0 Å². The molecule has 0 amide bonds. The van der Waals surface area contributed by atoms with Crippen LogP contribution in [0.5, 0.6) is 0 Å². The third-order valence-corrected chi connectivity index (χ3v) is 2.59. The fourth-order valence-electron chi connectivity index (χ4n) is 1.31. The van der Waals surface area contributed by atoms with Crippen molar-refractivity contribution in [1.29, 1.82) is 0 Å². The second-order valence-corrected chi connectivity index (χ2v) is 4.92. The Morgan fingerprint density at radius 3 is 0.650 bits per heavy atom. The zero-order chi connectivity index (χ0) is 29.2. The molecular formula is C15H23Na3O22. The average molecular weight is 624 g/mol. The minimum absolute atomic E-state index is 0. The van der Waals surface area contributed by atoms with Gasteiger partial charge in [0.1, 0.15) is 0 Å². The van der Waals surface area contributed by atoms with Gasteiger partial charge in [-0.25, -0.2) is 43.2 Å². The number of carbonyl (C=O) groups is 9. The summed E-state index contributed by atoms with van der Waals surface area (Å²) in [6.07, 6.45) is -11.3. The van der Waals surface area contributed by atoms with Gasteiger partial charge in [0, 0.05) is 21.3 Å². The van der Waals surface area contributed by atoms with E-state index in [4.69, 9.17) is 30.6 Å². The van der Waals surface area contributed by atoms with E-state index in [0.717, 1.165) is 21.3 Å². The number of hydrogen-bond acceptors (Lipinski definition) is 15. The van der Waals surface area contributed by atoms with Crippen molar-refractivity contribution in [3.05, 3.63) is 0 Å². The second kappa shape index (κ2) is 30.0. The molecule has 0 aromatic rings. The molecule has 0 aliphatic carbocycles. The van der Waals surface area contributed by atoms with Crippen molar-refractivity contribution in [3.63, 3.8) is 0 Å². The molecule has 0 aromatic carbocycles. The first kappa shape index (κ1) is 54.2. The van der Waals surface area contributed by atoms with Crippen molar-refractivity contribution in [1.82, 2.24) is 0 Å². The molecule has 0 saturated heterocycles. The summed E-state index contributed by atoms with van der Waals surface area (Å²) in [4.78, 5) is 91.2. The van der Waals surface area contributed by atoms with E-state index in [0.29, 0.717) is 0 Å². The molecule has 0 radical (unpaired) electrons.